The predicted molar refractivity (Wildman–Crippen MR) is 113 cm³/mol. The van der Waals surface area contributed by atoms with E-state index < -0.39 is 17.7 Å². The first-order valence-electron chi connectivity index (χ1n) is 9.29. The number of rotatable bonds is 6. The average molecular weight is 418 g/mol. The molecule has 0 aliphatic carbocycles. The second kappa shape index (κ2) is 9.80. The SMILES string of the molecule is CCOC(=O)NC(=O)/C(C#N)=N\Nc1ccccc1Cc1nc2ccccc2[nH]c1=O. The summed E-state index contributed by atoms with van der Waals surface area (Å²) in [6, 6.07) is 15.8. The van der Waals surface area contributed by atoms with Crippen LogP contribution in [0.5, 0.6) is 0 Å². The molecule has 0 bridgehead atoms. The first kappa shape index (κ1) is 21.2. The Kier molecular flexibility index (Phi) is 6.70. The molecule has 156 valence electrons. The molecule has 0 aliphatic heterocycles. The summed E-state index contributed by atoms with van der Waals surface area (Å²) >= 11 is 0. The summed E-state index contributed by atoms with van der Waals surface area (Å²) in [5.41, 5.74) is 4.49. The molecule has 2 amide bonds. The molecule has 0 radical (unpaired) electrons. The van der Waals surface area contributed by atoms with Gasteiger partial charge in [0.15, 0.2) is 0 Å². The van der Waals surface area contributed by atoms with Crippen molar-refractivity contribution >= 4 is 34.4 Å². The Labute approximate surface area is 176 Å². The molecule has 31 heavy (non-hydrogen) atoms. The molecule has 10 heteroatoms. The molecule has 10 nitrogen and oxygen atoms in total. The fourth-order valence-electron chi connectivity index (χ4n) is 2.71. The van der Waals surface area contributed by atoms with Crippen molar-refractivity contribution in [3.05, 3.63) is 70.1 Å². The summed E-state index contributed by atoms with van der Waals surface area (Å²) in [7, 11) is 0. The Hall–Kier alpha value is -4.52. The van der Waals surface area contributed by atoms with Gasteiger partial charge in [-0.05, 0) is 30.7 Å². The van der Waals surface area contributed by atoms with Crippen molar-refractivity contribution in [2.24, 2.45) is 5.10 Å². The van der Waals surface area contributed by atoms with E-state index in [9.17, 15) is 14.4 Å². The van der Waals surface area contributed by atoms with Crippen molar-refractivity contribution in [3.63, 3.8) is 0 Å². The molecular formula is C21H18N6O4. The summed E-state index contributed by atoms with van der Waals surface area (Å²) < 4.78 is 4.60. The molecule has 0 atom stereocenters. The summed E-state index contributed by atoms with van der Waals surface area (Å²) in [5, 5.41) is 14.8. The van der Waals surface area contributed by atoms with Crippen LogP contribution in [0.3, 0.4) is 0 Å². The van der Waals surface area contributed by atoms with Crippen LogP contribution in [0.2, 0.25) is 0 Å². The second-order valence-electron chi connectivity index (χ2n) is 6.22. The average Bonchev–Trinajstić information content (AvgIpc) is 2.76. The van der Waals surface area contributed by atoms with Gasteiger partial charge in [0, 0.05) is 6.42 Å². The van der Waals surface area contributed by atoms with E-state index in [1.165, 1.54) is 0 Å². The molecule has 1 heterocycles. The van der Waals surface area contributed by atoms with E-state index in [0.717, 1.165) is 0 Å². The zero-order valence-corrected chi connectivity index (χ0v) is 16.5. The summed E-state index contributed by atoms with van der Waals surface area (Å²) in [4.78, 5) is 42.9. The fraction of sp³-hybridized carbons (Fsp3) is 0.143. The molecule has 0 spiro atoms. The zero-order chi connectivity index (χ0) is 22.2. The van der Waals surface area contributed by atoms with Crippen LogP contribution in [-0.2, 0) is 16.0 Å². The van der Waals surface area contributed by atoms with Crippen molar-refractivity contribution in [3.8, 4) is 6.07 Å². The van der Waals surface area contributed by atoms with Crippen LogP contribution in [0.25, 0.3) is 11.0 Å². The number of nitriles is 1. The van der Waals surface area contributed by atoms with Crippen LogP contribution in [0.4, 0.5) is 10.5 Å². The van der Waals surface area contributed by atoms with Crippen molar-refractivity contribution in [2.45, 2.75) is 13.3 Å². The van der Waals surface area contributed by atoms with Gasteiger partial charge in [0.1, 0.15) is 11.8 Å². The van der Waals surface area contributed by atoms with Gasteiger partial charge in [0.2, 0.25) is 5.71 Å². The lowest BCUT2D eigenvalue weighted by Crippen LogP contribution is -2.36. The van der Waals surface area contributed by atoms with Gasteiger partial charge in [0.05, 0.1) is 23.3 Å². The van der Waals surface area contributed by atoms with Gasteiger partial charge < -0.3 is 9.72 Å². The number of carbonyl (C=O) groups is 2. The Bertz CT molecular complexity index is 1260. The van der Waals surface area contributed by atoms with Crippen molar-refractivity contribution in [2.75, 3.05) is 12.0 Å². The maximum absolute atomic E-state index is 12.4. The molecule has 0 saturated heterocycles. The van der Waals surface area contributed by atoms with E-state index >= 15 is 0 Å². The van der Waals surface area contributed by atoms with Crippen LogP contribution in [0.1, 0.15) is 18.2 Å². The first-order valence-corrected chi connectivity index (χ1v) is 9.29. The van der Waals surface area contributed by atoms with Gasteiger partial charge in [-0.25, -0.2) is 9.78 Å². The third kappa shape index (κ3) is 5.30. The van der Waals surface area contributed by atoms with Gasteiger partial charge in [-0.15, -0.1) is 0 Å². The minimum atomic E-state index is -1.00. The topological polar surface area (TPSA) is 149 Å². The highest BCUT2D eigenvalue weighted by Crippen LogP contribution is 2.18. The minimum absolute atomic E-state index is 0.0751. The van der Waals surface area contributed by atoms with Crippen molar-refractivity contribution < 1.29 is 14.3 Å². The number of benzene rings is 2. The molecule has 3 N–H and O–H groups in total. The number of carbonyl (C=O) groups excluding carboxylic acids is 2. The molecule has 2 aromatic carbocycles. The number of anilines is 1. The minimum Gasteiger partial charge on any atom is -0.450 e. The standard InChI is InChI=1S/C21H18N6O4/c1-2-31-21(30)25-20(29)18(12-22)27-26-14-8-4-3-7-13(14)11-17-19(28)24-16-10-6-5-9-15(16)23-17/h3-10,26H,2,11H2,1H3,(H,24,28)(H,25,29,30)/b27-18-. The van der Waals surface area contributed by atoms with E-state index in [4.69, 9.17) is 5.26 Å². The number of hydrogen-bond acceptors (Lipinski definition) is 8. The highest BCUT2D eigenvalue weighted by atomic mass is 16.5. The van der Waals surface area contributed by atoms with Crippen molar-refractivity contribution in [1.29, 1.82) is 5.26 Å². The number of amides is 2. The summed E-state index contributed by atoms with van der Waals surface area (Å²) in [5.74, 6) is -1.00. The quantitative estimate of drug-likeness (QED) is 0.410. The van der Waals surface area contributed by atoms with Gasteiger partial charge in [-0.3, -0.25) is 20.3 Å². The number of hydrazone groups is 1. The predicted octanol–water partition coefficient (Wildman–Crippen LogP) is 2.08. The molecule has 1 aromatic heterocycles. The van der Waals surface area contributed by atoms with E-state index in [1.807, 2.05) is 17.4 Å². The van der Waals surface area contributed by atoms with Gasteiger partial charge in [-0.1, -0.05) is 30.3 Å². The van der Waals surface area contributed by atoms with E-state index in [1.54, 1.807) is 49.4 Å². The molecule has 0 aliphatic rings. The highest BCUT2D eigenvalue weighted by Gasteiger charge is 2.16. The number of ether oxygens (including phenoxy) is 1. The fourth-order valence-corrected chi connectivity index (χ4v) is 2.71. The van der Waals surface area contributed by atoms with Crippen LogP contribution < -0.4 is 16.3 Å². The lowest BCUT2D eigenvalue weighted by atomic mass is 10.1. The van der Waals surface area contributed by atoms with Crippen LogP contribution in [-0.4, -0.2) is 34.3 Å². The number of imide groups is 1. The molecule has 3 aromatic rings. The first-order chi connectivity index (χ1) is 15.0. The molecular weight excluding hydrogens is 400 g/mol. The summed E-state index contributed by atoms with van der Waals surface area (Å²) in [6.07, 6.45) is -0.784. The maximum atomic E-state index is 12.4. The number of fused-ring (bicyclic) bond motifs is 1. The number of aromatic nitrogens is 2. The Morgan fingerprint density at radius 2 is 1.94 bits per heavy atom. The number of nitrogens with one attached hydrogen (secondary N) is 3. The summed E-state index contributed by atoms with van der Waals surface area (Å²) in [6.45, 7) is 1.66. The van der Waals surface area contributed by atoms with E-state index in [0.29, 0.717) is 28.0 Å². The Morgan fingerprint density at radius 3 is 2.71 bits per heavy atom. The zero-order valence-electron chi connectivity index (χ0n) is 16.5. The number of nitrogens with zero attached hydrogens (tertiary/aromatic N) is 3. The number of H-pyrrole nitrogens is 1. The number of hydrogen-bond donors (Lipinski definition) is 3. The lowest BCUT2D eigenvalue weighted by molar-refractivity contribution is -0.114. The maximum Gasteiger partial charge on any atom is 0.414 e. The molecule has 3 rings (SSSR count). The van der Waals surface area contributed by atoms with Gasteiger partial charge in [0.25, 0.3) is 11.5 Å². The molecule has 0 fully saturated rings. The van der Waals surface area contributed by atoms with Gasteiger partial charge in [-0.2, -0.15) is 10.4 Å². The number of alkyl carbamates (subject to hydrolysis) is 1. The van der Waals surface area contributed by atoms with Crippen LogP contribution in [0.15, 0.2) is 58.4 Å². The van der Waals surface area contributed by atoms with E-state index in [-0.39, 0.29) is 18.6 Å². The molecule has 0 unspecified atom stereocenters. The van der Waals surface area contributed by atoms with Crippen LogP contribution in [0, 0.1) is 11.3 Å². The monoisotopic (exact) mass is 418 g/mol. The largest absolute Gasteiger partial charge is 0.450 e. The Morgan fingerprint density at radius 1 is 1.19 bits per heavy atom. The Balaban J connectivity index is 1.82. The lowest BCUT2D eigenvalue weighted by Gasteiger charge is -2.09. The van der Waals surface area contributed by atoms with Gasteiger partial charge >= 0.3 is 6.09 Å². The third-order valence-electron chi connectivity index (χ3n) is 4.15. The normalized spacial score (nSPS) is 10.9. The van der Waals surface area contributed by atoms with Crippen LogP contribution >= 0.6 is 0 Å². The van der Waals surface area contributed by atoms with Crippen molar-refractivity contribution in [1.82, 2.24) is 15.3 Å². The van der Waals surface area contributed by atoms with E-state index in [2.05, 4.69) is 25.2 Å². The second-order valence-corrected chi connectivity index (χ2v) is 6.22. The molecule has 0 saturated carbocycles. The number of aromatic amines is 1. The smallest absolute Gasteiger partial charge is 0.414 e. The number of para-hydroxylation sites is 3. The highest BCUT2D eigenvalue weighted by molar-refractivity contribution is 6.46. The third-order valence-corrected chi connectivity index (χ3v) is 4.15.